The number of hydrogen-bond acceptors (Lipinski definition) is 4. The van der Waals surface area contributed by atoms with E-state index in [9.17, 15) is 8.42 Å². The van der Waals surface area contributed by atoms with Gasteiger partial charge >= 0.3 is 0 Å². The summed E-state index contributed by atoms with van der Waals surface area (Å²) in [5.74, 6) is 0.699. The first kappa shape index (κ1) is 15.3. The Morgan fingerprint density at radius 3 is 2.62 bits per heavy atom. The van der Waals surface area contributed by atoms with Gasteiger partial charge in [-0.1, -0.05) is 37.3 Å². The lowest BCUT2D eigenvalue weighted by atomic mass is 10.2. The highest BCUT2D eigenvalue weighted by atomic mass is 32.2. The van der Waals surface area contributed by atoms with Gasteiger partial charge < -0.3 is 4.74 Å². The van der Waals surface area contributed by atoms with Crippen molar-refractivity contribution in [3.8, 4) is 5.75 Å². The summed E-state index contributed by atoms with van der Waals surface area (Å²) in [6.07, 6.45) is 2.07. The Labute approximate surface area is 125 Å². The molecule has 0 aliphatic rings. The molecule has 5 nitrogen and oxygen atoms in total. The molecule has 112 valence electrons. The minimum Gasteiger partial charge on any atom is -0.485 e. The second-order valence-electron chi connectivity index (χ2n) is 4.55. The molecule has 1 aromatic heterocycles. The van der Waals surface area contributed by atoms with Crippen molar-refractivity contribution in [2.24, 2.45) is 0 Å². The maximum absolute atomic E-state index is 11.8. The standard InChI is InChI=1S/C15H18N2O3S/c1-2-11-21(18,19)17-15-14(9-6-10-16-15)20-12-13-7-4-3-5-8-13/h3-10H,2,11-12H2,1H3,(H,16,17). The fourth-order valence-electron chi connectivity index (χ4n) is 1.79. The number of nitrogens with zero attached hydrogens (tertiary/aromatic N) is 1. The fraction of sp³-hybridized carbons (Fsp3) is 0.267. The molecule has 0 atom stereocenters. The van der Waals surface area contributed by atoms with Gasteiger partial charge in [-0.05, 0) is 24.1 Å². The Hall–Kier alpha value is -2.08. The molecule has 0 spiro atoms. The summed E-state index contributed by atoms with van der Waals surface area (Å²) >= 11 is 0. The molecular weight excluding hydrogens is 288 g/mol. The molecule has 1 N–H and O–H groups in total. The summed E-state index contributed by atoms with van der Waals surface area (Å²) in [7, 11) is -3.38. The van der Waals surface area contributed by atoms with E-state index in [1.54, 1.807) is 12.1 Å². The van der Waals surface area contributed by atoms with E-state index in [1.165, 1.54) is 6.20 Å². The lowest BCUT2D eigenvalue weighted by molar-refractivity contribution is 0.307. The third-order valence-electron chi connectivity index (χ3n) is 2.73. The molecule has 0 saturated carbocycles. The molecule has 1 heterocycles. The zero-order valence-corrected chi connectivity index (χ0v) is 12.6. The highest BCUT2D eigenvalue weighted by molar-refractivity contribution is 7.92. The van der Waals surface area contributed by atoms with E-state index in [0.717, 1.165) is 5.56 Å². The number of nitrogens with one attached hydrogen (secondary N) is 1. The smallest absolute Gasteiger partial charge is 0.233 e. The number of hydrogen-bond donors (Lipinski definition) is 1. The SMILES string of the molecule is CCCS(=O)(=O)Nc1ncccc1OCc1ccccc1. The summed E-state index contributed by atoms with van der Waals surface area (Å²) in [4.78, 5) is 4.04. The van der Waals surface area contributed by atoms with Crippen LogP contribution in [0.2, 0.25) is 0 Å². The number of ether oxygens (including phenoxy) is 1. The summed E-state index contributed by atoms with van der Waals surface area (Å²) in [5, 5.41) is 0. The average Bonchev–Trinajstić information content (AvgIpc) is 2.47. The van der Waals surface area contributed by atoms with Gasteiger partial charge in [0.1, 0.15) is 6.61 Å². The molecule has 0 saturated heterocycles. The van der Waals surface area contributed by atoms with Gasteiger partial charge in [-0.25, -0.2) is 13.4 Å². The minimum atomic E-state index is -3.38. The van der Waals surface area contributed by atoms with Gasteiger partial charge in [-0.2, -0.15) is 0 Å². The van der Waals surface area contributed by atoms with Gasteiger partial charge in [0.2, 0.25) is 10.0 Å². The molecule has 0 radical (unpaired) electrons. The topological polar surface area (TPSA) is 68.3 Å². The number of sulfonamides is 1. The number of anilines is 1. The van der Waals surface area contributed by atoms with Crippen LogP contribution >= 0.6 is 0 Å². The third-order valence-corrected chi connectivity index (χ3v) is 4.18. The largest absolute Gasteiger partial charge is 0.485 e. The second kappa shape index (κ2) is 7.08. The summed E-state index contributed by atoms with van der Waals surface area (Å²) in [6.45, 7) is 2.17. The monoisotopic (exact) mass is 306 g/mol. The van der Waals surface area contributed by atoms with Crippen LogP contribution in [0.1, 0.15) is 18.9 Å². The van der Waals surface area contributed by atoms with Crippen molar-refractivity contribution in [1.82, 2.24) is 4.98 Å². The quantitative estimate of drug-likeness (QED) is 0.854. The molecule has 2 rings (SSSR count). The van der Waals surface area contributed by atoms with E-state index in [0.29, 0.717) is 18.8 Å². The Kier molecular flexibility index (Phi) is 5.16. The summed E-state index contributed by atoms with van der Waals surface area (Å²) in [5.41, 5.74) is 1.00. The van der Waals surface area contributed by atoms with E-state index >= 15 is 0 Å². The van der Waals surface area contributed by atoms with Gasteiger partial charge in [0.15, 0.2) is 11.6 Å². The molecule has 0 fully saturated rings. The molecular formula is C15H18N2O3S. The number of pyridine rings is 1. The van der Waals surface area contributed by atoms with Gasteiger partial charge in [-0.3, -0.25) is 4.72 Å². The highest BCUT2D eigenvalue weighted by Crippen LogP contribution is 2.23. The first-order valence-electron chi connectivity index (χ1n) is 6.73. The van der Waals surface area contributed by atoms with Crippen molar-refractivity contribution < 1.29 is 13.2 Å². The van der Waals surface area contributed by atoms with Crippen molar-refractivity contribution in [1.29, 1.82) is 0 Å². The van der Waals surface area contributed by atoms with Crippen molar-refractivity contribution >= 4 is 15.8 Å². The van der Waals surface area contributed by atoms with Crippen LogP contribution in [-0.2, 0) is 16.6 Å². The van der Waals surface area contributed by atoms with Crippen LogP contribution < -0.4 is 9.46 Å². The van der Waals surface area contributed by atoms with Crippen molar-refractivity contribution in [2.75, 3.05) is 10.5 Å². The van der Waals surface area contributed by atoms with Gasteiger partial charge in [0.25, 0.3) is 0 Å². The van der Waals surface area contributed by atoms with Crippen molar-refractivity contribution in [3.05, 3.63) is 54.2 Å². The van der Waals surface area contributed by atoms with Crippen LogP contribution in [-0.4, -0.2) is 19.2 Å². The molecule has 2 aromatic rings. The maximum Gasteiger partial charge on any atom is 0.233 e. The lowest BCUT2D eigenvalue weighted by Crippen LogP contribution is -2.17. The first-order chi connectivity index (χ1) is 10.1. The van der Waals surface area contributed by atoms with E-state index < -0.39 is 10.0 Å². The molecule has 0 aliphatic carbocycles. The van der Waals surface area contributed by atoms with Crippen LogP contribution in [0.4, 0.5) is 5.82 Å². The van der Waals surface area contributed by atoms with E-state index in [-0.39, 0.29) is 11.6 Å². The van der Waals surface area contributed by atoms with Crippen molar-refractivity contribution in [2.45, 2.75) is 20.0 Å². The minimum absolute atomic E-state index is 0.0572. The molecule has 0 amide bonds. The lowest BCUT2D eigenvalue weighted by Gasteiger charge is -2.12. The Balaban J connectivity index is 2.10. The predicted molar refractivity (Wildman–Crippen MR) is 82.7 cm³/mol. The highest BCUT2D eigenvalue weighted by Gasteiger charge is 2.13. The number of rotatable bonds is 7. The molecule has 0 aliphatic heterocycles. The maximum atomic E-state index is 11.8. The van der Waals surface area contributed by atoms with Gasteiger partial charge in [-0.15, -0.1) is 0 Å². The van der Waals surface area contributed by atoms with E-state index in [2.05, 4.69) is 9.71 Å². The summed E-state index contributed by atoms with van der Waals surface area (Å²) < 4.78 is 31.8. The van der Waals surface area contributed by atoms with Crippen LogP contribution in [0.25, 0.3) is 0 Å². The molecule has 6 heteroatoms. The van der Waals surface area contributed by atoms with Gasteiger partial charge in [0.05, 0.1) is 5.75 Å². The number of aromatic nitrogens is 1. The van der Waals surface area contributed by atoms with Crippen LogP contribution in [0.3, 0.4) is 0 Å². The molecule has 21 heavy (non-hydrogen) atoms. The van der Waals surface area contributed by atoms with Crippen LogP contribution in [0, 0.1) is 0 Å². The molecule has 0 bridgehead atoms. The second-order valence-corrected chi connectivity index (χ2v) is 6.39. The van der Waals surface area contributed by atoms with Crippen LogP contribution in [0.15, 0.2) is 48.7 Å². The van der Waals surface area contributed by atoms with Gasteiger partial charge in [0, 0.05) is 6.20 Å². The van der Waals surface area contributed by atoms with E-state index in [1.807, 2.05) is 37.3 Å². The first-order valence-corrected chi connectivity index (χ1v) is 8.38. The molecule has 0 unspecified atom stereocenters. The normalized spacial score (nSPS) is 11.1. The zero-order valence-electron chi connectivity index (χ0n) is 11.8. The number of benzene rings is 1. The molecule has 1 aromatic carbocycles. The Morgan fingerprint density at radius 1 is 1.14 bits per heavy atom. The predicted octanol–water partition coefficient (Wildman–Crippen LogP) is 2.81. The Morgan fingerprint density at radius 2 is 1.90 bits per heavy atom. The van der Waals surface area contributed by atoms with E-state index in [4.69, 9.17) is 4.74 Å². The summed E-state index contributed by atoms with van der Waals surface area (Å²) in [6, 6.07) is 13.1. The Bertz CT molecular complexity index is 672. The van der Waals surface area contributed by atoms with Crippen molar-refractivity contribution in [3.63, 3.8) is 0 Å². The van der Waals surface area contributed by atoms with Crippen LogP contribution in [0.5, 0.6) is 5.75 Å². The average molecular weight is 306 g/mol. The fourth-order valence-corrected chi connectivity index (χ4v) is 2.87. The third kappa shape index (κ3) is 4.75. The zero-order chi connectivity index (χ0) is 15.1.